The van der Waals surface area contributed by atoms with Crippen LogP contribution in [0.25, 0.3) is 21.8 Å². The molecule has 0 bridgehead atoms. The molecule has 2 saturated carbocycles. The van der Waals surface area contributed by atoms with E-state index in [-0.39, 0.29) is 5.54 Å². The van der Waals surface area contributed by atoms with Gasteiger partial charge < -0.3 is 10.3 Å². The summed E-state index contributed by atoms with van der Waals surface area (Å²) in [6.45, 7) is 1.16. The Kier molecular flexibility index (Phi) is 3.24. The van der Waals surface area contributed by atoms with Crippen molar-refractivity contribution in [2.45, 2.75) is 57.0 Å². The highest BCUT2D eigenvalue weighted by atomic mass is 15.0. The summed E-state index contributed by atoms with van der Waals surface area (Å²) in [7, 11) is 0. The van der Waals surface area contributed by atoms with Gasteiger partial charge in [-0.3, -0.25) is 0 Å². The van der Waals surface area contributed by atoms with Crippen molar-refractivity contribution in [1.82, 2.24) is 4.57 Å². The Morgan fingerprint density at radius 3 is 2.46 bits per heavy atom. The lowest BCUT2D eigenvalue weighted by Crippen LogP contribution is -2.38. The van der Waals surface area contributed by atoms with E-state index in [0.717, 1.165) is 25.3 Å². The van der Waals surface area contributed by atoms with Gasteiger partial charge in [-0.2, -0.15) is 0 Å². The van der Waals surface area contributed by atoms with Crippen LogP contribution in [0.1, 0.15) is 50.5 Å². The van der Waals surface area contributed by atoms with Gasteiger partial charge in [-0.25, -0.2) is 0 Å². The molecule has 1 heterocycles. The highest BCUT2D eigenvalue weighted by molar-refractivity contribution is 6.08. The average molecular weight is 318 g/mol. The van der Waals surface area contributed by atoms with Crippen LogP contribution >= 0.6 is 0 Å². The predicted octanol–water partition coefficient (Wildman–Crippen LogP) is 5.32. The zero-order chi connectivity index (χ0) is 16.1. The molecule has 0 spiro atoms. The minimum absolute atomic E-state index is 0.119. The van der Waals surface area contributed by atoms with Crippen molar-refractivity contribution in [3.05, 3.63) is 48.0 Å². The van der Waals surface area contributed by atoms with Crippen molar-refractivity contribution >= 4 is 21.8 Å². The van der Waals surface area contributed by atoms with Gasteiger partial charge in [0.2, 0.25) is 0 Å². The third kappa shape index (κ3) is 2.28. The van der Waals surface area contributed by atoms with E-state index >= 15 is 0 Å². The molecule has 2 fully saturated rings. The summed E-state index contributed by atoms with van der Waals surface area (Å²) in [5.41, 5.74) is 10.8. The third-order valence-electron chi connectivity index (χ3n) is 6.23. The van der Waals surface area contributed by atoms with Crippen LogP contribution in [-0.2, 0) is 12.1 Å². The fourth-order valence-corrected chi connectivity index (χ4v) is 4.59. The lowest BCUT2D eigenvalue weighted by molar-refractivity contribution is 0.302. The molecule has 0 unspecified atom stereocenters. The molecule has 0 radical (unpaired) electrons. The first-order valence-electron chi connectivity index (χ1n) is 9.55. The molecule has 24 heavy (non-hydrogen) atoms. The molecule has 3 aromatic rings. The van der Waals surface area contributed by atoms with E-state index in [4.69, 9.17) is 5.73 Å². The van der Waals surface area contributed by atoms with Gasteiger partial charge in [-0.15, -0.1) is 0 Å². The Balaban J connectivity index is 1.70. The van der Waals surface area contributed by atoms with Crippen molar-refractivity contribution in [1.29, 1.82) is 0 Å². The first-order valence-corrected chi connectivity index (χ1v) is 9.55. The van der Waals surface area contributed by atoms with Crippen molar-refractivity contribution < 1.29 is 0 Å². The molecule has 2 heteroatoms. The van der Waals surface area contributed by atoms with E-state index in [1.54, 1.807) is 0 Å². The fraction of sp³-hybridized carbons (Fsp3) is 0.455. The van der Waals surface area contributed by atoms with Crippen LogP contribution in [0.3, 0.4) is 0 Å². The van der Waals surface area contributed by atoms with Crippen LogP contribution in [0.4, 0.5) is 0 Å². The molecule has 2 aliphatic rings. The van der Waals surface area contributed by atoms with Crippen LogP contribution < -0.4 is 5.73 Å². The zero-order valence-corrected chi connectivity index (χ0v) is 14.3. The number of benzene rings is 2. The maximum absolute atomic E-state index is 6.81. The van der Waals surface area contributed by atoms with Gasteiger partial charge in [0.15, 0.2) is 0 Å². The Morgan fingerprint density at radius 1 is 0.917 bits per heavy atom. The van der Waals surface area contributed by atoms with Gasteiger partial charge in [0, 0.05) is 33.9 Å². The molecule has 0 amide bonds. The van der Waals surface area contributed by atoms with Crippen molar-refractivity contribution in [2.75, 3.05) is 0 Å². The second-order valence-electron chi connectivity index (χ2n) is 8.02. The SMILES string of the molecule is NC1(c2ccc3c(c2)c2ccccc2n3CC2CC2)CCCCC1. The molecule has 1 aromatic heterocycles. The maximum Gasteiger partial charge on any atom is 0.0491 e. The van der Waals surface area contributed by atoms with E-state index in [1.807, 2.05) is 0 Å². The number of para-hydroxylation sites is 1. The van der Waals surface area contributed by atoms with Crippen LogP contribution in [-0.4, -0.2) is 4.57 Å². The summed E-state index contributed by atoms with van der Waals surface area (Å²) >= 11 is 0. The van der Waals surface area contributed by atoms with E-state index in [2.05, 4.69) is 47.0 Å². The number of nitrogens with two attached hydrogens (primary N) is 1. The molecule has 0 aliphatic heterocycles. The summed E-state index contributed by atoms with van der Waals surface area (Å²) in [4.78, 5) is 0. The Bertz CT molecular complexity index is 895. The van der Waals surface area contributed by atoms with Crippen molar-refractivity contribution in [3.8, 4) is 0 Å². The molecule has 2 nitrogen and oxygen atoms in total. The topological polar surface area (TPSA) is 30.9 Å². The Hall–Kier alpha value is -1.80. The van der Waals surface area contributed by atoms with Gasteiger partial charge in [0.1, 0.15) is 0 Å². The summed E-state index contributed by atoms with van der Waals surface area (Å²) in [6, 6.07) is 15.9. The minimum Gasteiger partial charge on any atom is -0.340 e. The molecule has 5 rings (SSSR count). The molecule has 0 saturated heterocycles. The lowest BCUT2D eigenvalue weighted by atomic mass is 9.77. The van der Waals surface area contributed by atoms with Gasteiger partial charge >= 0.3 is 0 Å². The first kappa shape index (κ1) is 14.5. The van der Waals surface area contributed by atoms with E-state index in [1.165, 1.54) is 59.5 Å². The second kappa shape index (κ2) is 5.35. The normalized spacial score (nSPS) is 20.7. The van der Waals surface area contributed by atoms with Gasteiger partial charge in [-0.05, 0) is 55.4 Å². The number of hydrogen-bond acceptors (Lipinski definition) is 1. The summed E-state index contributed by atoms with van der Waals surface area (Å²) in [6.07, 6.45) is 8.88. The van der Waals surface area contributed by atoms with E-state index < -0.39 is 0 Å². The minimum atomic E-state index is -0.119. The number of aromatic nitrogens is 1. The summed E-state index contributed by atoms with van der Waals surface area (Å²) in [5, 5.41) is 2.77. The summed E-state index contributed by atoms with van der Waals surface area (Å²) in [5.74, 6) is 0.878. The predicted molar refractivity (Wildman–Crippen MR) is 101 cm³/mol. The fourth-order valence-electron chi connectivity index (χ4n) is 4.59. The number of rotatable bonds is 3. The molecule has 2 aromatic carbocycles. The van der Waals surface area contributed by atoms with Gasteiger partial charge in [-0.1, -0.05) is 43.5 Å². The highest BCUT2D eigenvalue weighted by Crippen LogP contribution is 2.39. The lowest BCUT2D eigenvalue weighted by Gasteiger charge is -2.34. The van der Waals surface area contributed by atoms with Crippen LogP contribution in [0, 0.1) is 5.92 Å². The molecule has 124 valence electrons. The quantitative estimate of drug-likeness (QED) is 0.696. The van der Waals surface area contributed by atoms with E-state index in [9.17, 15) is 0 Å². The molecule has 2 N–H and O–H groups in total. The molecular weight excluding hydrogens is 292 g/mol. The second-order valence-corrected chi connectivity index (χ2v) is 8.02. The monoisotopic (exact) mass is 318 g/mol. The Morgan fingerprint density at radius 2 is 1.67 bits per heavy atom. The largest absolute Gasteiger partial charge is 0.340 e. The Labute approximate surface area is 143 Å². The average Bonchev–Trinajstić information content (AvgIpc) is 3.39. The number of nitrogens with zero attached hydrogens (tertiary/aromatic N) is 1. The van der Waals surface area contributed by atoms with Gasteiger partial charge in [0.05, 0.1) is 0 Å². The molecule has 2 aliphatic carbocycles. The highest BCUT2D eigenvalue weighted by Gasteiger charge is 2.30. The zero-order valence-electron chi connectivity index (χ0n) is 14.3. The van der Waals surface area contributed by atoms with Crippen molar-refractivity contribution in [2.24, 2.45) is 11.7 Å². The number of fused-ring (bicyclic) bond motifs is 3. The van der Waals surface area contributed by atoms with Crippen molar-refractivity contribution in [3.63, 3.8) is 0 Å². The third-order valence-corrected chi connectivity index (χ3v) is 6.23. The van der Waals surface area contributed by atoms with E-state index in [0.29, 0.717) is 0 Å². The smallest absolute Gasteiger partial charge is 0.0491 e. The summed E-state index contributed by atoms with van der Waals surface area (Å²) < 4.78 is 2.54. The molecule has 0 atom stereocenters. The maximum atomic E-state index is 6.81. The number of hydrogen-bond donors (Lipinski definition) is 1. The van der Waals surface area contributed by atoms with Crippen LogP contribution in [0.2, 0.25) is 0 Å². The first-order chi connectivity index (χ1) is 11.7. The van der Waals surface area contributed by atoms with Crippen LogP contribution in [0.5, 0.6) is 0 Å². The molecular formula is C22H26N2. The van der Waals surface area contributed by atoms with Gasteiger partial charge in [0.25, 0.3) is 0 Å². The standard InChI is InChI=1S/C22H26N2/c23-22(12-4-1-5-13-22)17-10-11-21-19(14-17)18-6-2-3-7-20(18)24(21)15-16-8-9-16/h2-3,6-7,10-11,14,16H,1,4-5,8-9,12-13,15,23H2. The van der Waals surface area contributed by atoms with Crippen LogP contribution in [0.15, 0.2) is 42.5 Å².